The van der Waals surface area contributed by atoms with E-state index in [0.717, 1.165) is 5.56 Å². The Labute approximate surface area is 142 Å². The van der Waals surface area contributed by atoms with E-state index in [0.29, 0.717) is 6.54 Å². The SMILES string of the molecule is CC(C)C(NC(=O)NCc1ccccc1)C(=O)N(C)CCC(=O)O. The number of rotatable bonds is 8. The lowest BCUT2D eigenvalue weighted by molar-refractivity contribution is -0.138. The maximum absolute atomic E-state index is 12.4. The van der Waals surface area contributed by atoms with E-state index in [1.807, 2.05) is 44.2 Å². The van der Waals surface area contributed by atoms with E-state index in [9.17, 15) is 14.4 Å². The number of hydrogen-bond donors (Lipinski definition) is 3. The summed E-state index contributed by atoms with van der Waals surface area (Å²) in [5.41, 5.74) is 0.957. The van der Waals surface area contributed by atoms with Gasteiger partial charge in [-0.2, -0.15) is 0 Å². The van der Waals surface area contributed by atoms with Crippen molar-refractivity contribution in [2.75, 3.05) is 13.6 Å². The molecule has 0 aliphatic carbocycles. The maximum Gasteiger partial charge on any atom is 0.315 e. The van der Waals surface area contributed by atoms with Crippen molar-refractivity contribution in [3.8, 4) is 0 Å². The van der Waals surface area contributed by atoms with Crippen LogP contribution in [0.3, 0.4) is 0 Å². The van der Waals surface area contributed by atoms with Gasteiger partial charge in [0.25, 0.3) is 0 Å². The van der Waals surface area contributed by atoms with Gasteiger partial charge in [-0.05, 0) is 11.5 Å². The molecule has 0 heterocycles. The summed E-state index contributed by atoms with van der Waals surface area (Å²) in [4.78, 5) is 36.4. The second kappa shape index (κ2) is 9.54. The van der Waals surface area contributed by atoms with Gasteiger partial charge < -0.3 is 20.6 Å². The predicted molar refractivity (Wildman–Crippen MR) is 90.3 cm³/mol. The van der Waals surface area contributed by atoms with E-state index in [-0.39, 0.29) is 24.8 Å². The van der Waals surface area contributed by atoms with Crippen molar-refractivity contribution in [2.45, 2.75) is 32.9 Å². The van der Waals surface area contributed by atoms with Crippen molar-refractivity contribution in [3.05, 3.63) is 35.9 Å². The highest BCUT2D eigenvalue weighted by atomic mass is 16.4. The van der Waals surface area contributed by atoms with Crippen LogP contribution in [0.25, 0.3) is 0 Å². The number of carbonyl (C=O) groups excluding carboxylic acids is 2. The predicted octanol–water partition coefficient (Wildman–Crippen LogP) is 1.44. The molecule has 0 aliphatic heterocycles. The molecular formula is C17H25N3O4. The molecule has 0 bridgehead atoms. The second-order valence-corrected chi connectivity index (χ2v) is 5.94. The van der Waals surface area contributed by atoms with Crippen LogP contribution in [0.1, 0.15) is 25.8 Å². The van der Waals surface area contributed by atoms with Gasteiger partial charge in [-0.25, -0.2) is 4.79 Å². The molecule has 0 aliphatic rings. The molecule has 1 unspecified atom stereocenters. The van der Waals surface area contributed by atoms with E-state index in [2.05, 4.69) is 10.6 Å². The summed E-state index contributed by atoms with van der Waals surface area (Å²) >= 11 is 0. The Hall–Kier alpha value is -2.57. The standard InChI is InChI=1S/C17H25N3O4/c1-12(2)15(16(23)20(3)10-9-14(21)22)19-17(24)18-11-13-7-5-4-6-8-13/h4-8,12,15H,9-11H2,1-3H3,(H,21,22)(H2,18,19,24). The first-order chi connectivity index (χ1) is 11.3. The molecule has 1 atom stereocenters. The van der Waals surface area contributed by atoms with Crippen molar-refractivity contribution < 1.29 is 19.5 Å². The quantitative estimate of drug-likeness (QED) is 0.669. The molecule has 0 saturated heterocycles. The number of carboxylic acid groups (broad SMARTS) is 1. The van der Waals surface area contributed by atoms with E-state index in [1.165, 1.54) is 11.9 Å². The summed E-state index contributed by atoms with van der Waals surface area (Å²) < 4.78 is 0. The molecule has 0 fully saturated rings. The van der Waals surface area contributed by atoms with Crippen molar-refractivity contribution in [1.29, 1.82) is 0 Å². The maximum atomic E-state index is 12.4. The van der Waals surface area contributed by atoms with Crippen LogP contribution in [-0.2, 0) is 16.1 Å². The summed E-state index contributed by atoms with van der Waals surface area (Å²) in [6.07, 6.45) is -0.132. The largest absolute Gasteiger partial charge is 0.481 e. The molecule has 3 amide bonds. The smallest absolute Gasteiger partial charge is 0.315 e. The number of benzene rings is 1. The highest BCUT2D eigenvalue weighted by Gasteiger charge is 2.27. The summed E-state index contributed by atoms with van der Waals surface area (Å²) in [6, 6.07) is 8.30. The lowest BCUT2D eigenvalue weighted by Crippen LogP contribution is -2.53. The number of nitrogens with one attached hydrogen (secondary N) is 2. The van der Waals surface area contributed by atoms with Gasteiger partial charge in [-0.3, -0.25) is 9.59 Å². The Morgan fingerprint density at radius 1 is 1.17 bits per heavy atom. The Morgan fingerprint density at radius 2 is 1.79 bits per heavy atom. The lowest BCUT2D eigenvalue weighted by atomic mass is 10.0. The van der Waals surface area contributed by atoms with Crippen molar-refractivity contribution in [1.82, 2.24) is 15.5 Å². The zero-order valence-corrected chi connectivity index (χ0v) is 14.3. The molecule has 7 heteroatoms. The second-order valence-electron chi connectivity index (χ2n) is 5.94. The van der Waals surface area contributed by atoms with Crippen LogP contribution in [0, 0.1) is 5.92 Å². The monoisotopic (exact) mass is 335 g/mol. The molecule has 7 nitrogen and oxygen atoms in total. The minimum atomic E-state index is -0.968. The zero-order chi connectivity index (χ0) is 18.1. The van der Waals surface area contributed by atoms with Gasteiger partial charge in [0.05, 0.1) is 6.42 Å². The fourth-order valence-electron chi connectivity index (χ4n) is 2.10. The van der Waals surface area contributed by atoms with Gasteiger partial charge in [0.15, 0.2) is 0 Å². The summed E-state index contributed by atoms with van der Waals surface area (Å²) in [6.45, 7) is 4.11. The number of likely N-dealkylation sites (N-methyl/N-ethyl adjacent to an activating group) is 1. The Kier molecular flexibility index (Phi) is 7.74. The number of carbonyl (C=O) groups is 3. The van der Waals surface area contributed by atoms with Crippen LogP contribution in [0.2, 0.25) is 0 Å². The molecule has 3 N–H and O–H groups in total. The van der Waals surface area contributed by atoms with Crippen LogP contribution in [0.5, 0.6) is 0 Å². The van der Waals surface area contributed by atoms with Gasteiger partial charge in [0.1, 0.15) is 6.04 Å². The summed E-state index contributed by atoms with van der Waals surface area (Å²) in [5.74, 6) is -1.39. The zero-order valence-electron chi connectivity index (χ0n) is 14.3. The van der Waals surface area contributed by atoms with E-state index < -0.39 is 18.0 Å². The number of amides is 3. The molecule has 1 aromatic rings. The van der Waals surface area contributed by atoms with E-state index in [1.54, 1.807) is 0 Å². The van der Waals surface area contributed by atoms with Crippen molar-refractivity contribution in [2.24, 2.45) is 5.92 Å². The summed E-state index contributed by atoms with van der Waals surface area (Å²) in [7, 11) is 1.53. The van der Waals surface area contributed by atoms with Crippen LogP contribution in [-0.4, -0.2) is 47.5 Å². The van der Waals surface area contributed by atoms with Crippen molar-refractivity contribution in [3.63, 3.8) is 0 Å². The normalized spacial score (nSPS) is 11.7. The van der Waals surface area contributed by atoms with Gasteiger partial charge in [0, 0.05) is 20.1 Å². The van der Waals surface area contributed by atoms with Gasteiger partial charge in [-0.1, -0.05) is 44.2 Å². The average molecular weight is 335 g/mol. The van der Waals surface area contributed by atoms with E-state index >= 15 is 0 Å². The molecule has 1 aromatic carbocycles. The first kappa shape index (κ1) is 19.5. The molecule has 132 valence electrons. The number of aliphatic carboxylic acids is 1. The van der Waals surface area contributed by atoms with Crippen LogP contribution < -0.4 is 10.6 Å². The molecule has 1 rings (SSSR count). The number of carboxylic acids is 1. The molecular weight excluding hydrogens is 310 g/mol. The molecule has 0 spiro atoms. The third-order valence-electron chi connectivity index (χ3n) is 3.55. The van der Waals surface area contributed by atoms with Gasteiger partial charge >= 0.3 is 12.0 Å². The molecule has 0 radical (unpaired) electrons. The number of urea groups is 1. The fourth-order valence-corrected chi connectivity index (χ4v) is 2.10. The number of nitrogens with zero attached hydrogens (tertiary/aromatic N) is 1. The molecule has 24 heavy (non-hydrogen) atoms. The Morgan fingerprint density at radius 3 is 2.33 bits per heavy atom. The summed E-state index contributed by atoms with van der Waals surface area (Å²) in [5, 5.41) is 14.1. The first-order valence-electron chi connectivity index (χ1n) is 7.86. The highest BCUT2D eigenvalue weighted by Crippen LogP contribution is 2.06. The third-order valence-corrected chi connectivity index (χ3v) is 3.55. The lowest BCUT2D eigenvalue weighted by Gasteiger charge is -2.26. The number of hydrogen-bond acceptors (Lipinski definition) is 3. The van der Waals surface area contributed by atoms with E-state index in [4.69, 9.17) is 5.11 Å². The Bertz CT molecular complexity index is 560. The van der Waals surface area contributed by atoms with Crippen LogP contribution >= 0.6 is 0 Å². The third kappa shape index (κ3) is 6.68. The van der Waals surface area contributed by atoms with Crippen LogP contribution in [0.4, 0.5) is 4.79 Å². The molecule has 0 saturated carbocycles. The topological polar surface area (TPSA) is 98.7 Å². The highest BCUT2D eigenvalue weighted by molar-refractivity contribution is 5.87. The minimum absolute atomic E-state index is 0.102. The molecule has 0 aromatic heterocycles. The fraction of sp³-hybridized carbons (Fsp3) is 0.471. The van der Waals surface area contributed by atoms with Crippen LogP contribution in [0.15, 0.2) is 30.3 Å². The minimum Gasteiger partial charge on any atom is -0.481 e. The average Bonchev–Trinajstić information content (AvgIpc) is 2.55. The Balaban J connectivity index is 2.56. The van der Waals surface area contributed by atoms with Gasteiger partial charge in [0.2, 0.25) is 5.91 Å². The van der Waals surface area contributed by atoms with Crippen molar-refractivity contribution >= 4 is 17.9 Å². The first-order valence-corrected chi connectivity index (χ1v) is 7.86. The van der Waals surface area contributed by atoms with Gasteiger partial charge in [-0.15, -0.1) is 0 Å².